The van der Waals surface area contributed by atoms with Crippen molar-refractivity contribution in [3.8, 4) is 10.4 Å². The van der Waals surface area contributed by atoms with Gasteiger partial charge in [-0.3, -0.25) is 0 Å². The van der Waals surface area contributed by atoms with Crippen molar-refractivity contribution in [3.63, 3.8) is 0 Å². The SMILES string of the molecule is CCOC(=O)c1c(C)csc1-c1ccc(C(=O)OC(C)(C)C)cc1. The highest BCUT2D eigenvalue weighted by atomic mass is 32.1. The van der Waals surface area contributed by atoms with Gasteiger partial charge >= 0.3 is 11.9 Å². The molecule has 0 aliphatic heterocycles. The predicted molar refractivity (Wildman–Crippen MR) is 95.6 cm³/mol. The van der Waals surface area contributed by atoms with Gasteiger partial charge in [-0.2, -0.15) is 0 Å². The highest BCUT2D eigenvalue weighted by molar-refractivity contribution is 7.14. The summed E-state index contributed by atoms with van der Waals surface area (Å²) in [6.07, 6.45) is 0. The molecule has 0 N–H and O–H groups in total. The molecule has 0 aliphatic rings. The average Bonchev–Trinajstić information content (AvgIpc) is 2.88. The van der Waals surface area contributed by atoms with E-state index in [-0.39, 0.29) is 11.9 Å². The fourth-order valence-corrected chi connectivity index (χ4v) is 3.26. The molecule has 2 rings (SSSR count). The Kier molecular flexibility index (Phi) is 5.44. The third-order valence-electron chi connectivity index (χ3n) is 3.24. The number of rotatable bonds is 4. The largest absolute Gasteiger partial charge is 0.462 e. The lowest BCUT2D eigenvalue weighted by Crippen LogP contribution is -2.23. The molecule has 128 valence electrons. The lowest BCUT2D eigenvalue weighted by atomic mass is 10.0. The van der Waals surface area contributed by atoms with Crippen molar-refractivity contribution in [2.24, 2.45) is 0 Å². The van der Waals surface area contributed by atoms with Crippen LogP contribution in [0.1, 0.15) is 54.0 Å². The predicted octanol–water partition coefficient (Wildman–Crippen LogP) is 4.86. The molecular formula is C19H22O4S. The third-order valence-corrected chi connectivity index (χ3v) is 4.38. The van der Waals surface area contributed by atoms with Crippen molar-refractivity contribution in [2.45, 2.75) is 40.2 Å². The standard InChI is InChI=1S/C19H22O4S/c1-6-22-18(21)15-12(2)11-24-16(15)13-7-9-14(10-8-13)17(20)23-19(3,4)5/h7-11H,6H2,1-5H3. The highest BCUT2D eigenvalue weighted by Gasteiger charge is 2.20. The number of esters is 2. The minimum Gasteiger partial charge on any atom is -0.462 e. The summed E-state index contributed by atoms with van der Waals surface area (Å²) in [6, 6.07) is 7.08. The second-order valence-corrected chi connectivity index (χ2v) is 7.30. The van der Waals surface area contributed by atoms with Crippen LogP contribution in [0.4, 0.5) is 0 Å². The summed E-state index contributed by atoms with van der Waals surface area (Å²) in [5.74, 6) is -0.676. The zero-order valence-corrected chi connectivity index (χ0v) is 15.5. The van der Waals surface area contributed by atoms with E-state index in [4.69, 9.17) is 9.47 Å². The van der Waals surface area contributed by atoms with Gasteiger partial charge in [-0.15, -0.1) is 11.3 Å². The van der Waals surface area contributed by atoms with E-state index in [1.165, 1.54) is 11.3 Å². The Bertz CT molecular complexity index is 736. The number of carbonyl (C=O) groups excluding carboxylic acids is 2. The lowest BCUT2D eigenvalue weighted by Gasteiger charge is -2.19. The van der Waals surface area contributed by atoms with Gasteiger partial charge in [0.25, 0.3) is 0 Å². The molecule has 0 fully saturated rings. The smallest absolute Gasteiger partial charge is 0.339 e. The summed E-state index contributed by atoms with van der Waals surface area (Å²) in [7, 11) is 0. The van der Waals surface area contributed by atoms with Gasteiger partial charge in [0.05, 0.1) is 17.7 Å². The summed E-state index contributed by atoms with van der Waals surface area (Å²) in [5.41, 5.74) is 2.32. The van der Waals surface area contributed by atoms with Crippen molar-refractivity contribution >= 4 is 23.3 Å². The molecule has 4 nitrogen and oxygen atoms in total. The number of aryl methyl sites for hydroxylation is 1. The molecule has 0 saturated carbocycles. The van der Waals surface area contributed by atoms with Crippen LogP contribution in [0.3, 0.4) is 0 Å². The molecule has 0 saturated heterocycles. The quantitative estimate of drug-likeness (QED) is 0.742. The summed E-state index contributed by atoms with van der Waals surface area (Å²) in [4.78, 5) is 25.1. The van der Waals surface area contributed by atoms with E-state index in [9.17, 15) is 9.59 Å². The van der Waals surface area contributed by atoms with E-state index < -0.39 is 5.60 Å². The fraction of sp³-hybridized carbons (Fsp3) is 0.368. The molecule has 0 bridgehead atoms. The third kappa shape index (κ3) is 4.23. The van der Waals surface area contributed by atoms with Gasteiger partial charge in [0, 0.05) is 4.88 Å². The Labute approximate surface area is 146 Å². The van der Waals surface area contributed by atoms with Crippen molar-refractivity contribution in [1.29, 1.82) is 0 Å². The van der Waals surface area contributed by atoms with Crippen molar-refractivity contribution in [2.75, 3.05) is 6.61 Å². The first-order chi connectivity index (χ1) is 11.2. The Balaban J connectivity index is 2.29. The molecular weight excluding hydrogens is 324 g/mol. The summed E-state index contributed by atoms with van der Waals surface area (Å²) >= 11 is 1.49. The number of benzene rings is 1. The van der Waals surface area contributed by atoms with Crippen LogP contribution >= 0.6 is 11.3 Å². The van der Waals surface area contributed by atoms with E-state index >= 15 is 0 Å². The lowest BCUT2D eigenvalue weighted by molar-refractivity contribution is 0.00693. The first kappa shape index (κ1) is 18.2. The first-order valence-corrected chi connectivity index (χ1v) is 8.70. The van der Waals surface area contributed by atoms with Crippen LogP contribution in [0.5, 0.6) is 0 Å². The van der Waals surface area contributed by atoms with Gasteiger partial charge in [-0.05, 0) is 63.3 Å². The number of ether oxygens (including phenoxy) is 2. The molecule has 5 heteroatoms. The molecule has 2 aromatic rings. The molecule has 0 radical (unpaired) electrons. The number of hydrogen-bond acceptors (Lipinski definition) is 5. The van der Waals surface area contributed by atoms with Crippen molar-refractivity contribution < 1.29 is 19.1 Å². The van der Waals surface area contributed by atoms with Crippen molar-refractivity contribution in [1.82, 2.24) is 0 Å². The number of carbonyl (C=O) groups is 2. The van der Waals surface area contributed by atoms with Crippen LogP contribution in [0.2, 0.25) is 0 Å². The van der Waals surface area contributed by atoms with E-state index in [0.29, 0.717) is 17.7 Å². The second kappa shape index (κ2) is 7.18. The molecule has 24 heavy (non-hydrogen) atoms. The van der Waals surface area contributed by atoms with Crippen molar-refractivity contribution in [3.05, 3.63) is 46.3 Å². The molecule has 0 aliphatic carbocycles. The van der Waals surface area contributed by atoms with Gasteiger partial charge in [-0.1, -0.05) is 12.1 Å². The number of thiophene rings is 1. The highest BCUT2D eigenvalue weighted by Crippen LogP contribution is 2.33. The van der Waals surface area contributed by atoms with Gasteiger partial charge < -0.3 is 9.47 Å². The van der Waals surface area contributed by atoms with Crippen LogP contribution in [0, 0.1) is 6.92 Å². The zero-order valence-electron chi connectivity index (χ0n) is 14.6. The molecule has 0 spiro atoms. The fourth-order valence-electron chi connectivity index (χ4n) is 2.21. The normalized spacial score (nSPS) is 11.2. The first-order valence-electron chi connectivity index (χ1n) is 7.82. The van der Waals surface area contributed by atoms with Crippen LogP contribution in [-0.2, 0) is 9.47 Å². The molecule has 0 atom stereocenters. The van der Waals surface area contributed by atoms with Gasteiger partial charge in [-0.25, -0.2) is 9.59 Å². The Morgan fingerprint density at radius 1 is 1.08 bits per heavy atom. The Morgan fingerprint density at radius 2 is 1.71 bits per heavy atom. The maximum atomic E-state index is 12.2. The van der Waals surface area contributed by atoms with Crippen LogP contribution in [0.25, 0.3) is 10.4 Å². The second-order valence-electron chi connectivity index (χ2n) is 6.42. The monoisotopic (exact) mass is 346 g/mol. The van der Waals surface area contributed by atoms with E-state index in [0.717, 1.165) is 16.0 Å². The van der Waals surface area contributed by atoms with Crippen LogP contribution in [0.15, 0.2) is 29.6 Å². The minimum atomic E-state index is -0.530. The van der Waals surface area contributed by atoms with Gasteiger partial charge in [0.2, 0.25) is 0 Å². The molecule has 1 aromatic heterocycles. The van der Waals surface area contributed by atoms with E-state index in [2.05, 4.69) is 0 Å². The molecule has 1 aromatic carbocycles. The van der Waals surface area contributed by atoms with Crippen LogP contribution in [-0.4, -0.2) is 24.1 Å². The number of hydrogen-bond donors (Lipinski definition) is 0. The Morgan fingerprint density at radius 3 is 2.25 bits per heavy atom. The molecule has 0 amide bonds. The van der Waals surface area contributed by atoms with E-state index in [1.807, 2.05) is 45.2 Å². The summed E-state index contributed by atoms with van der Waals surface area (Å²) in [5, 5.41) is 1.93. The zero-order chi connectivity index (χ0) is 17.9. The Hall–Kier alpha value is -2.14. The summed E-state index contributed by atoms with van der Waals surface area (Å²) in [6.45, 7) is 9.51. The maximum absolute atomic E-state index is 12.2. The minimum absolute atomic E-state index is 0.317. The molecule has 0 unspecified atom stereocenters. The van der Waals surface area contributed by atoms with Gasteiger partial charge in [0.1, 0.15) is 5.60 Å². The van der Waals surface area contributed by atoms with Crippen LogP contribution < -0.4 is 0 Å². The molecule has 1 heterocycles. The van der Waals surface area contributed by atoms with E-state index in [1.54, 1.807) is 19.1 Å². The average molecular weight is 346 g/mol. The summed E-state index contributed by atoms with van der Waals surface area (Å²) < 4.78 is 10.5. The topological polar surface area (TPSA) is 52.6 Å². The van der Waals surface area contributed by atoms with Gasteiger partial charge in [0.15, 0.2) is 0 Å². The maximum Gasteiger partial charge on any atom is 0.339 e.